The highest BCUT2D eigenvalue weighted by Gasteiger charge is 2.01. The van der Waals surface area contributed by atoms with Gasteiger partial charge in [0.15, 0.2) is 0 Å². The predicted molar refractivity (Wildman–Crippen MR) is 76.1 cm³/mol. The molecule has 0 aliphatic heterocycles. The third-order valence-corrected chi connectivity index (χ3v) is 3.86. The van der Waals surface area contributed by atoms with E-state index in [1.54, 1.807) is 7.11 Å². The largest absolute Gasteiger partial charge is 0.497 e. The van der Waals surface area contributed by atoms with Crippen molar-refractivity contribution in [1.29, 1.82) is 0 Å². The molecule has 96 valence electrons. The lowest BCUT2D eigenvalue weighted by Gasteiger charge is -2.14. The van der Waals surface area contributed by atoms with Crippen molar-refractivity contribution in [3.63, 3.8) is 0 Å². The number of hydrogen-bond acceptors (Lipinski definition) is 3. The number of ether oxygens (including phenoxy) is 1. The Morgan fingerprint density at radius 3 is 2.35 bits per heavy atom. The Hall–Kier alpha value is -0.670. The zero-order valence-corrected chi connectivity index (χ0v) is 11.8. The minimum Gasteiger partial charge on any atom is -0.497 e. The zero-order valence-electron chi connectivity index (χ0n) is 11.0. The van der Waals surface area contributed by atoms with Gasteiger partial charge in [-0.25, -0.2) is 0 Å². The maximum Gasteiger partial charge on any atom is 0.118 e. The van der Waals surface area contributed by atoms with Gasteiger partial charge in [0.25, 0.3) is 0 Å². The van der Waals surface area contributed by atoms with Crippen LogP contribution in [0.2, 0.25) is 0 Å². The predicted octanol–water partition coefficient (Wildman–Crippen LogP) is 3.57. The molecule has 1 aromatic carbocycles. The lowest BCUT2D eigenvalue weighted by atomic mass is 10.2. The first kappa shape index (κ1) is 14.4. The summed E-state index contributed by atoms with van der Waals surface area (Å²) in [6.45, 7) is 5.54. The molecular weight excluding hydrogens is 230 g/mol. The molecule has 0 bridgehead atoms. The fraction of sp³-hybridized carbons (Fsp3) is 0.571. The van der Waals surface area contributed by atoms with E-state index in [0.717, 1.165) is 18.0 Å². The fourth-order valence-corrected chi connectivity index (χ4v) is 2.47. The SMILES string of the molecule is CCC(CC)NCCSc1ccc(OC)cc1. The van der Waals surface area contributed by atoms with Gasteiger partial charge in [-0.2, -0.15) is 0 Å². The molecule has 0 fully saturated rings. The first-order chi connectivity index (χ1) is 8.30. The lowest BCUT2D eigenvalue weighted by Crippen LogP contribution is -2.29. The Bertz CT molecular complexity index is 296. The number of thioether (sulfide) groups is 1. The van der Waals surface area contributed by atoms with E-state index in [2.05, 4.69) is 31.3 Å². The highest BCUT2D eigenvalue weighted by molar-refractivity contribution is 7.99. The van der Waals surface area contributed by atoms with E-state index in [-0.39, 0.29) is 0 Å². The van der Waals surface area contributed by atoms with Crippen LogP contribution in [0.1, 0.15) is 26.7 Å². The zero-order chi connectivity index (χ0) is 12.5. The maximum absolute atomic E-state index is 5.13. The maximum atomic E-state index is 5.13. The van der Waals surface area contributed by atoms with E-state index >= 15 is 0 Å². The van der Waals surface area contributed by atoms with Crippen LogP contribution in [0.3, 0.4) is 0 Å². The average molecular weight is 253 g/mol. The number of nitrogens with one attached hydrogen (secondary N) is 1. The molecule has 0 atom stereocenters. The van der Waals surface area contributed by atoms with E-state index in [0.29, 0.717) is 6.04 Å². The molecule has 0 unspecified atom stereocenters. The standard InChI is InChI=1S/C14H23NOS/c1-4-12(5-2)15-10-11-17-14-8-6-13(16-3)7-9-14/h6-9,12,15H,4-5,10-11H2,1-3H3. The molecular formula is C14H23NOS. The van der Waals surface area contributed by atoms with Gasteiger partial charge in [0.1, 0.15) is 5.75 Å². The average Bonchev–Trinajstić information content (AvgIpc) is 2.40. The molecule has 0 aromatic heterocycles. The molecule has 0 heterocycles. The van der Waals surface area contributed by atoms with Gasteiger partial charge in [-0.05, 0) is 37.1 Å². The van der Waals surface area contributed by atoms with Crippen LogP contribution < -0.4 is 10.1 Å². The van der Waals surface area contributed by atoms with E-state index in [1.807, 2.05) is 23.9 Å². The van der Waals surface area contributed by atoms with Gasteiger partial charge in [-0.3, -0.25) is 0 Å². The van der Waals surface area contributed by atoms with Crippen LogP contribution in [0.15, 0.2) is 29.2 Å². The molecule has 3 heteroatoms. The van der Waals surface area contributed by atoms with Crippen molar-refractivity contribution in [2.75, 3.05) is 19.4 Å². The molecule has 17 heavy (non-hydrogen) atoms. The summed E-state index contributed by atoms with van der Waals surface area (Å²) in [6.07, 6.45) is 2.42. The molecule has 0 saturated carbocycles. The van der Waals surface area contributed by atoms with Crippen LogP contribution in [0.4, 0.5) is 0 Å². The highest BCUT2D eigenvalue weighted by Crippen LogP contribution is 2.20. The Labute approximate surface area is 109 Å². The molecule has 0 aliphatic rings. The second kappa shape index (κ2) is 8.43. The Morgan fingerprint density at radius 1 is 1.18 bits per heavy atom. The summed E-state index contributed by atoms with van der Waals surface area (Å²) in [6, 6.07) is 8.92. The first-order valence-electron chi connectivity index (χ1n) is 6.30. The van der Waals surface area contributed by atoms with Crippen LogP contribution in [-0.4, -0.2) is 25.4 Å². The minimum absolute atomic E-state index is 0.673. The summed E-state index contributed by atoms with van der Waals surface area (Å²) in [5.41, 5.74) is 0. The summed E-state index contributed by atoms with van der Waals surface area (Å²) in [5, 5.41) is 3.57. The Morgan fingerprint density at radius 2 is 1.82 bits per heavy atom. The van der Waals surface area contributed by atoms with Gasteiger partial charge < -0.3 is 10.1 Å². The van der Waals surface area contributed by atoms with Crippen molar-refractivity contribution in [2.24, 2.45) is 0 Å². The minimum atomic E-state index is 0.673. The summed E-state index contributed by atoms with van der Waals surface area (Å²) >= 11 is 1.88. The number of rotatable bonds is 8. The first-order valence-corrected chi connectivity index (χ1v) is 7.29. The number of methoxy groups -OCH3 is 1. The van der Waals surface area contributed by atoms with Crippen molar-refractivity contribution < 1.29 is 4.74 Å². The third-order valence-electron chi connectivity index (χ3n) is 2.85. The molecule has 0 saturated heterocycles. The van der Waals surface area contributed by atoms with E-state index < -0.39 is 0 Å². The number of hydrogen-bond donors (Lipinski definition) is 1. The lowest BCUT2D eigenvalue weighted by molar-refractivity contribution is 0.414. The van der Waals surface area contributed by atoms with Crippen molar-refractivity contribution in [3.8, 4) is 5.75 Å². The summed E-state index contributed by atoms with van der Waals surface area (Å²) in [4.78, 5) is 1.30. The third kappa shape index (κ3) is 5.46. The molecule has 1 N–H and O–H groups in total. The van der Waals surface area contributed by atoms with Crippen LogP contribution in [0.25, 0.3) is 0 Å². The van der Waals surface area contributed by atoms with Gasteiger partial charge in [0.05, 0.1) is 7.11 Å². The van der Waals surface area contributed by atoms with Crippen LogP contribution in [0.5, 0.6) is 5.75 Å². The second-order valence-electron chi connectivity index (χ2n) is 3.99. The van der Waals surface area contributed by atoms with Gasteiger partial charge in [0.2, 0.25) is 0 Å². The molecule has 0 amide bonds. The van der Waals surface area contributed by atoms with E-state index in [1.165, 1.54) is 17.7 Å². The molecule has 1 rings (SSSR count). The molecule has 0 spiro atoms. The summed E-state index contributed by atoms with van der Waals surface area (Å²) in [5.74, 6) is 2.03. The monoisotopic (exact) mass is 253 g/mol. The fourth-order valence-electron chi connectivity index (χ4n) is 1.68. The Balaban J connectivity index is 2.21. The quantitative estimate of drug-likeness (QED) is 0.565. The van der Waals surface area contributed by atoms with E-state index in [4.69, 9.17) is 4.74 Å². The van der Waals surface area contributed by atoms with Gasteiger partial charge in [0, 0.05) is 23.2 Å². The second-order valence-corrected chi connectivity index (χ2v) is 5.16. The van der Waals surface area contributed by atoms with Crippen LogP contribution >= 0.6 is 11.8 Å². The van der Waals surface area contributed by atoms with Crippen LogP contribution in [-0.2, 0) is 0 Å². The number of benzene rings is 1. The van der Waals surface area contributed by atoms with Crippen molar-refractivity contribution in [1.82, 2.24) is 5.32 Å². The normalized spacial score (nSPS) is 10.8. The van der Waals surface area contributed by atoms with Gasteiger partial charge >= 0.3 is 0 Å². The molecule has 2 nitrogen and oxygen atoms in total. The Kier molecular flexibility index (Phi) is 7.13. The van der Waals surface area contributed by atoms with Gasteiger partial charge in [-0.1, -0.05) is 13.8 Å². The molecule has 0 aliphatic carbocycles. The van der Waals surface area contributed by atoms with E-state index in [9.17, 15) is 0 Å². The molecule has 0 radical (unpaired) electrons. The van der Waals surface area contributed by atoms with Crippen molar-refractivity contribution in [3.05, 3.63) is 24.3 Å². The van der Waals surface area contributed by atoms with Crippen LogP contribution in [0, 0.1) is 0 Å². The van der Waals surface area contributed by atoms with Gasteiger partial charge in [-0.15, -0.1) is 11.8 Å². The topological polar surface area (TPSA) is 21.3 Å². The van der Waals surface area contributed by atoms with Crippen molar-refractivity contribution >= 4 is 11.8 Å². The summed E-state index contributed by atoms with van der Waals surface area (Å²) in [7, 11) is 1.70. The molecule has 1 aromatic rings. The van der Waals surface area contributed by atoms with Crippen molar-refractivity contribution in [2.45, 2.75) is 37.6 Å². The highest BCUT2D eigenvalue weighted by atomic mass is 32.2. The smallest absolute Gasteiger partial charge is 0.118 e. The summed E-state index contributed by atoms with van der Waals surface area (Å²) < 4.78 is 5.13.